The summed E-state index contributed by atoms with van der Waals surface area (Å²) in [5.41, 5.74) is 2.55. The summed E-state index contributed by atoms with van der Waals surface area (Å²) in [4.78, 5) is 15.9. The molecule has 2 aromatic rings. The smallest absolute Gasteiger partial charge is 0.223 e. The fourth-order valence-electron chi connectivity index (χ4n) is 3.09. The number of nitrogens with zero attached hydrogens (tertiary/aromatic N) is 1. The Hall–Kier alpha value is -1.81. The maximum Gasteiger partial charge on any atom is 0.223 e. The number of rotatable bonds is 4. The standard InChI is InChI=1S/C18H21NO2S/c1-13-17-12-15(21-2)6-5-14(17)9-10-19(13)18(20)8-7-16-4-3-11-22-16/h3-6,11-13H,7-10H2,1-2H3. The first kappa shape index (κ1) is 15.1. The van der Waals surface area contributed by atoms with Crippen LogP contribution in [0.25, 0.3) is 0 Å². The number of aryl methyl sites for hydroxylation is 1. The van der Waals surface area contributed by atoms with Gasteiger partial charge in [-0.3, -0.25) is 4.79 Å². The van der Waals surface area contributed by atoms with Crippen LogP contribution < -0.4 is 4.74 Å². The van der Waals surface area contributed by atoms with Crippen molar-refractivity contribution >= 4 is 17.2 Å². The molecular weight excluding hydrogens is 294 g/mol. The maximum atomic E-state index is 12.6. The summed E-state index contributed by atoms with van der Waals surface area (Å²) >= 11 is 1.72. The number of thiophene rings is 1. The normalized spacial score (nSPS) is 17.2. The van der Waals surface area contributed by atoms with Crippen molar-refractivity contribution in [2.45, 2.75) is 32.2 Å². The number of amides is 1. The van der Waals surface area contributed by atoms with Gasteiger partial charge in [0.15, 0.2) is 0 Å². The predicted octanol–water partition coefficient (Wildman–Crippen LogP) is 3.84. The molecule has 0 radical (unpaired) electrons. The third kappa shape index (κ3) is 3.02. The molecule has 3 rings (SSSR count). The summed E-state index contributed by atoms with van der Waals surface area (Å²) in [7, 11) is 1.68. The van der Waals surface area contributed by atoms with Crippen molar-refractivity contribution in [2.24, 2.45) is 0 Å². The van der Waals surface area contributed by atoms with Gasteiger partial charge >= 0.3 is 0 Å². The second-order valence-corrected chi connectivity index (χ2v) is 6.69. The Bertz CT molecular complexity index is 651. The molecule has 2 heterocycles. The molecule has 1 aliphatic heterocycles. The lowest BCUT2D eigenvalue weighted by molar-refractivity contribution is -0.133. The number of fused-ring (bicyclic) bond motifs is 1. The van der Waals surface area contributed by atoms with E-state index in [-0.39, 0.29) is 11.9 Å². The van der Waals surface area contributed by atoms with Crippen molar-refractivity contribution in [3.8, 4) is 5.75 Å². The molecule has 0 bridgehead atoms. The van der Waals surface area contributed by atoms with Gasteiger partial charge in [0, 0.05) is 17.8 Å². The van der Waals surface area contributed by atoms with E-state index in [9.17, 15) is 4.79 Å². The summed E-state index contributed by atoms with van der Waals surface area (Å²) in [6.45, 7) is 2.92. The van der Waals surface area contributed by atoms with Crippen LogP contribution in [0.3, 0.4) is 0 Å². The molecule has 1 unspecified atom stereocenters. The molecule has 4 heteroatoms. The van der Waals surface area contributed by atoms with E-state index in [4.69, 9.17) is 4.74 Å². The van der Waals surface area contributed by atoms with E-state index in [2.05, 4.69) is 30.5 Å². The zero-order valence-electron chi connectivity index (χ0n) is 13.0. The zero-order valence-corrected chi connectivity index (χ0v) is 13.9. The Labute approximate surface area is 135 Å². The molecule has 1 aromatic heterocycles. The summed E-state index contributed by atoms with van der Waals surface area (Å²) in [5.74, 6) is 1.10. The first-order valence-corrected chi connectivity index (χ1v) is 8.55. The highest BCUT2D eigenvalue weighted by Crippen LogP contribution is 2.32. The monoisotopic (exact) mass is 315 g/mol. The van der Waals surface area contributed by atoms with E-state index < -0.39 is 0 Å². The van der Waals surface area contributed by atoms with Crippen LogP contribution >= 0.6 is 11.3 Å². The van der Waals surface area contributed by atoms with Gasteiger partial charge in [-0.05, 0) is 54.5 Å². The Morgan fingerprint density at radius 3 is 3.00 bits per heavy atom. The van der Waals surface area contributed by atoms with Crippen LogP contribution in [0.4, 0.5) is 0 Å². The molecule has 1 amide bonds. The predicted molar refractivity (Wildman–Crippen MR) is 89.5 cm³/mol. The lowest BCUT2D eigenvalue weighted by Crippen LogP contribution is -2.38. The molecule has 3 nitrogen and oxygen atoms in total. The SMILES string of the molecule is COc1ccc2c(c1)C(C)N(C(=O)CCc1cccs1)CC2. The van der Waals surface area contributed by atoms with Gasteiger partial charge in [0.05, 0.1) is 13.2 Å². The Kier molecular flexibility index (Phi) is 4.48. The molecule has 0 saturated heterocycles. The van der Waals surface area contributed by atoms with Gasteiger partial charge in [-0.1, -0.05) is 12.1 Å². The highest BCUT2D eigenvalue weighted by molar-refractivity contribution is 7.09. The number of methoxy groups -OCH3 is 1. The van der Waals surface area contributed by atoms with Crippen molar-refractivity contribution in [2.75, 3.05) is 13.7 Å². The van der Waals surface area contributed by atoms with Crippen LogP contribution in [0.15, 0.2) is 35.7 Å². The van der Waals surface area contributed by atoms with Gasteiger partial charge in [-0.25, -0.2) is 0 Å². The van der Waals surface area contributed by atoms with Gasteiger partial charge in [0.2, 0.25) is 5.91 Å². The second-order valence-electron chi connectivity index (χ2n) is 5.66. The van der Waals surface area contributed by atoms with E-state index in [0.29, 0.717) is 6.42 Å². The van der Waals surface area contributed by atoms with Gasteiger partial charge in [-0.15, -0.1) is 11.3 Å². The Morgan fingerprint density at radius 1 is 1.41 bits per heavy atom. The Balaban J connectivity index is 1.71. The number of carbonyl (C=O) groups excluding carboxylic acids is 1. The molecule has 0 fully saturated rings. The molecule has 0 N–H and O–H groups in total. The molecule has 116 valence electrons. The molecule has 1 aliphatic rings. The minimum Gasteiger partial charge on any atom is -0.497 e. The van der Waals surface area contributed by atoms with E-state index in [1.165, 1.54) is 16.0 Å². The van der Waals surface area contributed by atoms with E-state index in [1.807, 2.05) is 17.0 Å². The number of hydrogen-bond donors (Lipinski definition) is 0. The summed E-state index contributed by atoms with van der Waals surface area (Å²) in [6.07, 6.45) is 2.35. The van der Waals surface area contributed by atoms with Crippen LogP contribution in [0, 0.1) is 0 Å². The molecule has 0 spiro atoms. The lowest BCUT2D eigenvalue weighted by Gasteiger charge is -2.35. The second kappa shape index (κ2) is 6.53. The number of carbonyl (C=O) groups is 1. The number of hydrogen-bond acceptors (Lipinski definition) is 3. The average molecular weight is 315 g/mol. The first-order chi connectivity index (χ1) is 10.7. The van der Waals surface area contributed by atoms with E-state index in [1.54, 1.807) is 18.4 Å². The molecule has 1 atom stereocenters. The minimum atomic E-state index is 0.120. The van der Waals surface area contributed by atoms with Crippen molar-refractivity contribution in [3.63, 3.8) is 0 Å². The van der Waals surface area contributed by atoms with Crippen molar-refractivity contribution < 1.29 is 9.53 Å². The minimum absolute atomic E-state index is 0.120. The summed E-state index contributed by atoms with van der Waals surface area (Å²) < 4.78 is 5.32. The van der Waals surface area contributed by atoms with Crippen LogP contribution in [0.2, 0.25) is 0 Å². The van der Waals surface area contributed by atoms with Crippen LogP contribution in [-0.2, 0) is 17.6 Å². The molecule has 0 saturated carbocycles. The fraction of sp³-hybridized carbons (Fsp3) is 0.389. The maximum absolute atomic E-state index is 12.6. The van der Waals surface area contributed by atoms with Crippen LogP contribution in [0.5, 0.6) is 5.75 Å². The summed E-state index contributed by atoms with van der Waals surface area (Å²) in [6, 6.07) is 10.4. The molecule has 1 aromatic carbocycles. The fourth-order valence-corrected chi connectivity index (χ4v) is 3.80. The van der Waals surface area contributed by atoms with E-state index in [0.717, 1.165) is 25.1 Å². The number of ether oxygens (including phenoxy) is 1. The van der Waals surface area contributed by atoms with Crippen LogP contribution in [0.1, 0.15) is 35.4 Å². The summed E-state index contributed by atoms with van der Waals surface area (Å²) in [5, 5.41) is 2.06. The quantitative estimate of drug-likeness (QED) is 0.858. The van der Waals surface area contributed by atoms with Gasteiger partial charge in [-0.2, -0.15) is 0 Å². The Morgan fingerprint density at radius 2 is 2.27 bits per heavy atom. The molecule has 22 heavy (non-hydrogen) atoms. The molecular formula is C18H21NO2S. The van der Waals surface area contributed by atoms with Gasteiger partial charge in [0.25, 0.3) is 0 Å². The van der Waals surface area contributed by atoms with Gasteiger partial charge < -0.3 is 9.64 Å². The van der Waals surface area contributed by atoms with Crippen molar-refractivity contribution in [1.29, 1.82) is 0 Å². The highest BCUT2D eigenvalue weighted by atomic mass is 32.1. The van der Waals surface area contributed by atoms with Gasteiger partial charge in [0.1, 0.15) is 5.75 Å². The average Bonchev–Trinajstić information content (AvgIpc) is 3.06. The number of benzene rings is 1. The van der Waals surface area contributed by atoms with Crippen molar-refractivity contribution in [1.82, 2.24) is 4.90 Å². The largest absolute Gasteiger partial charge is 0.497 e. The highest BCUT2D eigenvalue weighted by Gasteiger charge is 2.27. The third-order valence-corrected chi connectivity index (χ3v) is 5.31. The topological polar surface area (TPSA) is 29.5 Å². The third-order valence-electron chi connectivity index (χ3n) is 4.38. The van der Waals surface area contributed by atoms with Crippen molar-refractivity contribution in [3.05, 3.63) is 51.7 Å². The van der Waals surface area contributed by atoms with Crippen LogP contribution in [-0.4, -0.2) is 24.5 Å². The van der Waals surface area contributed by atoms with E-state index >= 15 is 0 Å². The lowest BCUT2D eigenvalue weighted by atomic mass is 9.93. The zero-order chi connectivity index (χ0) is 15.5. The molecule has 0 aliphatic carbocycles. The first-order valence-electron chi connectivity index (χ1n) is 7.67.